The summed E-state index contributed by atoms with van der Waals surface area (Å²) in [5, 5.41) is 0. The maximum Gasteiger partial charge on any atom is 0.307 e. The highest BCUT2D eigenvalue weighted by Gasteiger charge is 2.67. The molecule has 1 saturated heterocycles. The molecule has 2 aliphatic heterocycles. The Morgan fingerprint density at radius 2 is 1.79 bits per heavy atom. The van der Waals surface area contributed by atoms with Crippen molar-refractivity contribution >= 4 is 44.6 Å². The molecular weight excluding hydrogens is 775 g/mol. The lowest BCUT2D eigenvalue weighted by Gasteiger charge is -2.35. The molecule has 58 heavy (non-hydrogen) atoms. The zero-order chi connectivity index (χ0) is 42.2. The quantitative estimate of drug-likeness (QED) is 0.312. The molecule has 1 aromatic heterocycles. The summed E-state index contributed by atoms with van der Waals surface area (Å²) in [4.78, 5) is 68.0. The molecule has 0 radical (unpaired) electrons. The Balaban J connectivity index is 1.26. The summed E-state index contributed by atoms with van der Waals surface area (Å²) in [7, 11) is -2.65. The number of methoxy groups -OCH3 is 1. The van der Waals surface area contributed by atoms with Crippen molar-refractivity contribution in [2.24, 2.45) is 34.5 Å². The van der Waals surface area contributed by atoms with Gasteiger partial charge in [0.05, 0.1) is 53.2 Å². The van der Waals surface area contributed by atoms with E-state index in [1.54, 1.807) is 26.2 Å². The highest BCUT2D eigenvalue weighted by molar-refractivity contribution is 7.91. The van der Waals surface area contributed by atoms with Gasteiger partial charge in [0.25, 0.3) is 0 Å². The first-order valence-corrected chi connectivity index (χ1v) is 22.0. The molecule has 2 aromatic rings. The molecule has 0 unspecified atom stereocenters. The highest BCUT2D eigenvalue weighted by atomic mass is 32.2. The van der Waals surface area contributed by atoms with E-state index >= 15 is 0 Å². The monoisotopic (exact) mass is 830 g/mol. The van der Waals surface area contributed by atoms with Crippen molar-refractivity contribution in [2.45, 2.75) is 141 Å². The van der Waals surface area contributed by atoms with Gasteiger partial charge < -0.3 is 19.1 Å². The van der Waals surface area contributed by atoms with Crippen LogP contribution < -0.4 is 14.2 Å². The summed E-state index contributed by atoms with van der Waals surface area (Å²) in [6.45, 7) is 10.5. The first kappa shape index (κ1) is 42.2. The number of Topliss-reactive ketones (excluding diaryl/α,β-unsaturated/α-hetero) is 1. The number of hydrogen-bond donors (Lipinski definition) is 1. The number of rotatable bonds is 8. The number of carbonyl (C=O) groups is 4. The minimum absolute atomic E-state index is 0.112. The molecule has 2 bridgehead atoms. The smallest absolute Gasteiger partial charge is 0.307 e. The number of aryl methyl sites for hydroxylation is 1. The molecular formula is C42H56F2N4O9S. The number of ether oxygens (including phenoxy) is 3. The van der Waals surface area contributed by atoms with E-state index in [-0.39, 0.29) is 31.2 Å². The molecule has 1 aromatic carbocycles. The highest BCUT2D eigenvalue weighted by Crippen LogP contribution is 2.59. The first-order chi connectivity index (χ1) is 27.1. The second kappa shape index (κ2) is 14.9. The van der Waals surface area contributed by atoms with Crippen LogP contribution in [0.5, 0.6) is 11.6 Å². The summed E-state index contributed by atoms with van der Waals surface area (Å²) in [6, 6.07) is 4.08. The molecule has 5 aliphatic rings. The fraction of sp³-hybridized carbons (Fsp3) is 0.714. The van der Waals surface area contributed by atoms with Gasteiger partial charge in [-0.15, -0.1) is 0 Å². The van der Waals surface area contributed by atoms with Crippen LogP contribution in [-0.4, -0.2) is 89.4 Å². The Morgan fingerprint density at radius 3 is 2.43 bits per heavy atom. The molecule has 3 aliphatic carbocycles. The molecule has 4 fully saturated rings. The van der Waals surface area contributed by atoms with Gasteiger partial charge in [0.2, 0.25) is 34.1 Å². The van der Waals surface area contributed by atoms with Gasteiger partial charge in [-0.1, -0.05) is 40.5 Å². The van der Waals surface area contributed by atoms with Crippen molar-refractivity contribution in [3.63, 3.8) is 0 Å². The van der Waals surface area contributed by atoms with Crippen LogP contribution in [0.4, 0.5) is 8.78 Å². The van der Waals surface area contributed by atoms with Crippen LogP contribution in [0.25, 0.3) is 11.0 Å². The maximum atomic E-state index is 14.9. The number of fused-ring (bicyclic) bond motifs is 5. The van der Waals surface area contributed by atoms with Crippen LogP contribution in [0.3, 0.4) is 0 Å². The average Bonchev–Trinajstić information content (AvgIpc) is 4.09. The van der Waals surface area contributed by atoms with Gasteiger partial charge in [-0.25, -0.2) is 27.2 Å². The second-order valence-corrected chi connectivity index (χ2v) is 21.2. The van der Waals surface area contributed by atoms with E-state index in [0.717, 1.165) is 32.1 Å². The van der Waals surface area contributed by atoms with Crippen LogP contribution >= 0.6 is 0 Å². The van der Waals surface area contributed by atoms with Crippen molar-refractivity contribution in [3.05, 3.63) is 23.9 Å². The molecule has 318 valence electrons. The van der Waals surface area contributed by atoms with E-state index in [0.29, 0.717) is 41.7 Å². The maximum absolute atomic E-state index is 14.9. The van der Waals surface area contributed by atoms with Crippen molar-refractivity contribution in [2.75, 3.05) is 13.7 Å². The van der Waals surface area contributed by atoms with Gasteiger partial charge in [0.15, 0.2) is 5.78 Å². The van der Waals surface area contributed by atoms with Crippen molar-refractivity contribution in [3.8, 4) is 11.6 Å². The van der Waals surface area contributed by atoms with Gasteiger partial charge in [0.1, 0.15) is 23.1 Å². The third kappa shape index (κ3) is 8.02. The number of amides is 2. The van der Waals surface area contributed by atoms with E-state index in [4.69, 9.17) is 24.2 Å². The molecule has 8 atom stereocenters. The summed E-state index contributed by atoms with van der Waals surface area (Å²) in [5.74, 6) is -5.09. The SMILES string of the molecule is COc1ccc2nc3c(nc2c1)O[C@H]1CN(C(=O)[C@H](C(C)(C)C)CC(=O)O[C@]2(C)C[C@H]2CCCCC3)[C@H](C(=O)C[C@]2(C(=O)NS(=O)(=O)C3(C)CC3)C[C@H]2C(F)F)[C@@H]1C. The minimum atomic E-state index is -4.19. The van der Waals surface area contributed by atoms with Gasteiger partial charge >= 0.3 is 5.97 Å². The zero-order valence-corrected chi connectivity index (χ0v) is 35.3. The molecule has 3 saturated carbocycles. The van der Waals surface area contributed by atoms with Crippen LogP contribution in [-0.2, 0) is 40.4 Å². The average molecular weight is 831 g/mol. The number of ketones is 1. The van der Waals surface area contributed by atoms with E-state index in [9.17, 15) is 36.4 Å². The normalized spacial score (nSPS) is 32.6. The summed E-state index contributed by atoms with van der Waals surface area (Å²) in [6.07, 6.45) is 0.185. The number of alkyl halides is 2. The molecule has 16 heteroatoms. The Kier molecular flexibility index (Phi) is 10.9. The van der Waals surface area contributed by atoms with E-state index in [1.165, 1.54) is 11.8 Å². The minimum Gasteiger partial charge on any atom is -0.497 e. The molecule has 0 spiro atoms. The van der Waals surface area contributed by atoms with Crippen molar-refractivity contribution in [1.82, 2.24) is 19.6 Å². The van der Waals surface area contributed by atoms with Gasteiger partial charge in [-0.05, 0) is 76.3 Å². The number of sulfonamides is 1. The molecule has 7 rings (SSSR count). The lowest BCUT2D eigenvalue weighted by Crippen LogP contribution is -2.50. The van der Waals surface area contributed by atoms with E-state index < -0.39 is 97.5 Å². The summed E-state index contributed by atoms with van der Waals surface area (Å²) in [5.41, 5.74) is -1.63. The third-order valence-corrected chi connectivity index (χ3v) is 15.8. The van der Waals surface area contributed by atoms with E-state index in [2.05, 4.69) is 0 Å². The molecule has 13 nitrogen and oxygen atoms in total. The lowest BCUT2D eigenvalue weighted by atomic mass is 9.77. The van der Waals surface area contributed by atoms with Gasteiger partial charge in [-0.2, -0.15) is 0 Å². The fourth-order valence-electron chi connectivity index (χ4n) is 9.05. The topological polar surface area (TPSA) is 171 Å². The summed E-state index contributed by atoms with van der Waals surface area (Å²) >= 11 is 0. The molecule has 2 amide bonds. The number of nitrogens with one attached hydrogen (secondary N) is 1. The second-order valence-electron chi connectivity index (χ2n) is 19.0. The van der Waals surface area contributed by atoms with Crippen LogP contribution in [0.15, 0.2) is 18.2 Å². The number of carbonyl (C=O) groups excluding carboxylic acids is 4. The zero-order valence-electron chi connectivity index (χ0n) is 34.4. The Bertz CT molecular complexity index is 2110. The molecule has 3 heterocycles. The predicted octanol–water partition coefficient (Wildman–Crippen LogP) is 5.95. The molecule has 1 N–H and O–H groups in total. The van der Waals surface area contributed by atoms with Crippen molar-refractivity contribution in [1.29, 1.82) is 0 Å². The largest absolute Gasteiger partial charge is 0.497 e. The number of hydrogen-bond acceptors (Lipinski definition) is 11. The number of esters is 1. The number of nitrogens with zero attached hydrogens (tertiary/aromatic N) is 3. The lowest BCUT2D eigenvalue weighted by molar-refractivity contribution is -0.158. The van der Waals surface area contributed by atoms with Crippen LogP contribution in [0.1, 0.15) is 111 Å². The van der Waals surface area contributed by atoms with E-state index in [1.807, 2.05) is 38.5 Å². The third-order valence-electron chi connectivity index (χ3n) is 13.7. The van der Waals surface area contributed by atoms with Crippen LogP contribution in [0.2, 0.25) is 0 Å². The first-order valence-electron chi connectivity index (χ1n) is 20.5. The fourth-order valence-corrected chi connectivity index (χ4v) is 10.4. The number of halogens is 2. The standard InChI is InChI=1S/C42H56F2N4O9S/c1-23-32-22-48(34(23)31(49)21-42(20-27(42)35(43)44)38(52)47-58(53,54)40(5)15-16-40)37(51)26(39(2,3)4)18-33(50)57-41(6)19-24(41)11-9-8-10-12-29-36(56-32)46-30-17-25(55-7)13-14-28(30)45-29/h13-14,17,23-24,26-27,32,34-35H,8-12,15-16,18-22H2,1-7H3,(H,47,52)/t23-,24-,26-,27+,32+,34+,41-,42-/m1/s1. The Morgan fingerprint density at radius 1 is 1.07 bits per heavy atom. The predicted molar refractivity (Wildman–Crippen MR) is 208 cm³/mol. The Labute approximate surface area is 338 Å². The number of aromatic nitrogens is 2. The number of benzene rings is 1. The summed E-state index contributed by atoms with van der Waals surface area (Å²) < 4.78 is 73.9. The van der Waals surface area contributed by atoms with Gasteiger partial charge in [-0.3, -0.25) is 23.9 Å². The van der Waals surface area contributed by atoms with Crippen LogP contribution in [0, 0.1) is 34.5 Å². The Hall–Kier alpha value is -3.95. The van der Waals surface area contributed by atoms with Gasteiger partial charge in [0, 0.05) is 30.2 Å². The van der Waals surface area contributed by atoms with Crippen molar-refractivity contribution < 1.29 is 50.6 Å².